The lowest BCUT2D eigenvalue weighted by Crippen LogP contribution is -2.00. The lowest BCUT2D eigenvalue weighted by atomic mass is 10.2. The average molecular weight is 349 g/mol. The van der Waals surface area contributed by atoms with Crippen LogP contribution < -0.4 is 5.43 Å². The summed E-state index contributed by atoms with van der Waals surface area (Å²) in [6, 6.07) is 13.3. The van der Waals surface area contributed by atoms with Gasteiger partial charge >= 0.3 is 0 Å². The molecule has 26 heavy (non-hydrogen) atoms. The first kappa shape index (κ1) is 17.3. The molecule has 0 amide bonds. The van der Waals surface area contributed by atoms with Gasteiger partial charge in [0.25, 0.3) is 5.69 Å². The highest BCUT2D eigenvalue weighted by molar-refractivity contribution is 5.82. The normalized spacial score (nSPS) is 11.0. The fourth-order valence-corrected chi connectivity index (χ4v) is 2.81. The molecule has 2 heterocycles. The number of pyridine rings is 1. The Balaban J connectivity index is 1.79. The summed E-state index contributed by atoms with van der Waals surface area (Å²) in [5.74, 6) is 0.444. The molecule has 0 atom stereocenters. The maximum atomic E-state index is 10.6. The third-order valence-electron chi connectivity index (χ3n) is 4.07. The quantitative estimate of drug-likeness (QED) is 0.426. The van der Waals surface area contributed by atoms with Gasteiger partial charge in [0, 0.05) is 28.7 Å². The zero-order valence-electron chi connectivity index (χ0n) is 14.8. The van der Waals surface area contributed by atoms with Gasteiger partial charge in [-0.05, 0) is 50.6 Å². The first-order valence-corrected chi connectivity index (χ1v) is 8.11. The van der Waals surface area contributed by atoms with E-state index >= 15 is 0 Å². The molecule has 0 fully saturated rings. The molecule has 1 aromatic carbocycles. The Hall–Kier alpha value is -3.48. The molecule has 7 nitrogen and oxygen atoms in total. The molecular weight excluding hydrogens is 330 g/mol. The van der Waals surface area contributed by atoms with Gasteiger partial charge in [-0.2, -0.15) is 5.10 Å². The number of hydrogen-bond donors (Lipinski definition) is 1. The summed E-state index contributed by atoms with van der Waals surface area (Å²) in [5, 5.41) is 14.8. The van der Waals surface area contributed by atoms with Crippen LogP contribution in [-0.4, -0.2) is 20.7 Å². The van der Waals surface area contributed by atoms with E-state index in [0.717, 1.165) is 22.6 Å². The van der Waals surface area contributed by atoms with E-state index in [9.17, 15) is 10.1 Å². The number of aryl methyl sites for hydroxylation is 2. The molecular formula is C19H19N5O2. The third kappa shape index (κ3) is 3.61. The Morgan fingerprint density at radius 3 is 2.65 bits per heavy atom. The van der Waals surface area contributed by atoms with Crippen LogP contribution in [0.2, 0.25) is 0 Å². The van der Waals surface area contributed by atoms with Crippen molar-refractivity contribution in [3.05, 3.63) is 81.3 Å². The summed E-state index contributed by atoms with van der Waals surface area (Å²) >= 11 is 0. The van der Waals surface area contributed by atoms with Gasteiger partial charge in [0.15, 0.2) is 0 Å². The number of hydrazone groups is 1. The van der Waals surface area contributed by atoms with Crippen LogP contribution in [0.4, 0.5) is 11.5 Å². The Morgan fingerprint density at radius 2 is 2.00 bits per heavy atom. The van der Waals surface area contributed by atoms with E-state index in [-0.39, 0.29) is 5.69 Å². The summed E-state index contributed by atoms with van der Waals surface area (Å²) in [6.45, 7) is 6.17. The average Bonchev–Trinajstić information content (AvgIpc) is 2.89. The summed E-state index contributed by atoms with van der Waals surface area (Å²) in [4.78, 5) is 14.1. The van der Waals surface area contributed by atoms with E-state index in [4.69, 9.17) is 0 Å². The van der Waals surface area contributed by atoms with Gasteiger partial charge in [-0.15, -0.1) is 0 Å². The molecule has 0 unspecified atom stereocenters. The number of anilines is 1. The number of hydrogen-bond acceptors (Lipinski definition) is 5. The highest BCUT2D eigenvalue weighted by Gasteiger charge is 2.09. The fraction of sp³-hybridized carbons (Fsp3) is 0.158. The van der Waals surface area contributed by atoms with E-state index in [1.807, 2.05) is 13.0 Å². The molecule has 0 spiro atoms. The zero-order chi connectivity index (χ0) is 18.7. The predicted octanol–water partition coefficient (Wildman–Crippen LogP) is 4.15. The Morgan fingerprint density at radius 1 is 1.19 bits per heavy atom. The van der Waals surface area contributed by atoms with E-state index < -0.39 is 4.92 Å². The number of nitro groups is 1. The van der Waals surface area contributed by atoms with Crippen molar-refractivity contribution in [1.82, 2.24) is 9.55 Å². The second-order valence-electron chi connectivity index (χ2n) is 6.03. The molecule has 0 aliphatic heterocycles. The number of rotatable bonds is 5. The van der Waals surface area contributed by atoms with Crippen LogP contribution in [0.5, 0.6) is 0 Å². The van der Waals surface area contributed by atoms with Gasteiger partial charge in [0.2, 0.25) is 0 Å². The van der Waals surface area contributed by atoms with Gasteiger partial charge in [0.1, 0.15) is 12.0 Å². The first-order valence-electron chi connectivity index (χ1n) is 8.11. The van der Waals surface area contributed by atoms with Crippen molar-refractivity contribution < 1.29 is 4.92 Å². The predicted molar refractivity (Wildman–Crippen MR) is 102 cm³/mol. The standard InChI is InChI=1S/C19H19N5O2/c1-13-5-4-6-17(9-13)23-14(2)10-16(15(23)3)11-21-22-19-8-7-18(12-20-19)24(25)26/h4-12H,1-3H3,(H,20,22). The largest absolute Gasteiger partial charge is 0.318 e. The van der Waals surface area contributed by atoms with E-state index in [1.54, 1.807) is 6.21 Å². The van der Waals surface area contributed by atoms with Crippen LogP contribution in [0.1, 0.15) is 22.5 Å². The molecule has 0 aliphatic carbocycles. The summed E-state index contributed by atoms with van der Waals surface area (Å²) in [6.07, 6.45) is 2.92. The van der Waals surface area contributed by atoms with Crippen molar-refractivity contribution in [2.45, 2.75) is 20.8 Å². The van der Waals surface area contributed by atoms with E-state index in [1.165, 1.54) is 23.9 Å². The van der Waals surface area contributed by atoms with Crippen molar-refractivity contribution in [2.75, 3.05) is 5.43 Å². The second-order valence-corrected chi connectivity index (χ2v) is 6.03. The van der Waals surface area contributed by atoms with Crippen molar-refractivity contribution >= 4 is 17.7 Å². The molecule has 2 aromatic heterocycles. The number of aromatic nitrogens is 2. The molecule has 0 bridgehead atoms. The molecule has 0 saturated carbocycles. The molecule has 0 radical (unpaired) electrons. The lowest BCUT2D eigenvalue weighted by Gasteiger charge is -2.10. The second kappa shape index (κ2) is 7.18. The van der Waals surface area contributed by atoms with Crippen LogP contribution >= 0.6 is 0 Å². The molecule has 3 aromatic rings. The Kier molecular flexibility index (Phi) is 4.79. The summed E-state index contributed by atoms with van der Waals surface area (Å²) in [5.41, 5.74) is 8.23. The van der Waals surface area contributed by atoms with Crippen LogP contribution in [-0.2, 0) is 0 Å². The van der Waals surface area contributed by atoms with Crippen molar-refractivity contribution in [3.8, 4) is 5.69 Å². The molecule has 7 heteroatoms. The van der Waals surface area contributed by atoms with Crippen molar-refractivity contribution in [1.29, 1.82) is 0 Å². The van der Waals surface area contributed by atoms with E-state index in [2.05, 4.69) is 58.2 Å². The Labute approximate surface area is 151 Å². The fourth-order valence-electron chi connectivity index (χ4n) is 2.81. The first-order chi connectivity index (χ1) is 12.5. The minimum absolute atomic E-state index is 0.0544. The van der Waals surface area contributed by atoms with Gasteiger partial charge in [0.05, 0.1) is 11.1 Å². The topological polar surface area (TPSA) is 85.3 Å². The highest BCUT2D eigenvalue weighted by Crippen LogP contribution is 2.20. The van der Waals surface area contributed by atoms with Crippen LogP contribution in [0, 0.1) is 30.9 Å². The van der Waals surface area contributed by atoms with Crippen molar-refractivity contribution in [2.24, 2.45) is 5.10 Å². The molecule has 132 valence electrons. The summed E-state index contributed by atoms with van der Waals surface area (Å²) < 4.78 is 2.18. The number of nitrogens with one attached hydrogen (secondary N) is 1. The molecule has 0 aliphatic rings. The van der Waals surface area contributed by atoms with Crippen LogP contribution in [0.25, 0.3) is 5.69 Å². The minimum Gasteiger partial charge on any atom is -0.318 e. The maximum Gasteiger partial charge on any atom is 0.287 e. The third-order valence-corrected chi connectivity index (χ3v) is 4.07. The highest BCUT2D eigenvalue weighted by atomic mass is 16.6. The molecule has 1 N–H and O–H groups in total. The van der Waals surface area contributed by atoms with Gasteiger partial charge in [-0.3, -0.25) is 15.5 Å². The van der Waals surface area contributed by atoms with Gasteiger partial charge < -0.3 is 4.57 Å². The molecule has 3 rings (SSSR count). The summed E-state index contributed by atoms with van der Waals surface area (Å²) in [7, 11) is 0. The minimum atomic E-state index is -0.486. The monoisotopic (exact) mass is 349 g/mol. The SMILES string of the molecule is Cc1cccc(-n2c(C)cc(C=NNc3ccc([N+](=O)[O-])cn3)c2C)c1. The van der Waals surface area contributed by atoms with E-state index in [0.29, 0.717) is 5.82 Å². The van der Waals surface area contributed by atoms with Gasteiger partial charge in [-0.1, -0.05) is 12.1 Å². The maximum absolute atomic E-state index is 10.6. The zero-order valence-corrected chi connectivity index (χ0v) is 14.8. The van der Waals surface area contributed by atoms with Gasteiger partial charge in [-0.25, -0.2) is 4.98 Å². The van der Waals surface area contributed by atoms with Crippen LogP contribution in [0.15, 0.2) is 53.8 Å². The lowest BCUT2D eigenvalue weighted by molar-refractivity contribution is -0.385. The number of benzene rings is 1. The van der Waals surface area contributed by atoms with Crippen molar-refractivity contribution in [3.63, 3.8) is 0 Å². The smallest absolute Gasteiger partial charge is 0.287 e. The molecule has 0 saturated heterocycles. The van der Waals surface area contributed by atoms with Crippen LogP contribution in [0.3, 0.4) is 0 Å². The number of nitrogens with zero attached hydrogens (tertiary/aromatic N) is 4. The Bertz CT molecular complexity index is 974.